The average Bonchev–Trinajstić information content (AvgIpc) is 3.02. The van der Waals surface area contributed by atoms with Crippen LogP contribution in [-0.2, 0) is 21.9 Å². The highest BCUT2D eigenvalue weighted by Crippen LogP contribution is 2.46. The van der Waals surface area contributed by atoms with E-state index in [1.165, 1.54) is 11.1 Å². The number of aromatic carboxylic acids is 1. The second kappa shape index (κ2) is 11.2. The first kappa shape index (κ1) is 29.9. The first-order chi connectivity index (χ1) is 19.3. The molecule has 0 aromatic heterocycles. The van der Waals surface area contributed by atoms with Gasteiger partial charge in [0.25, 0.3) is 0 Å². The molecule has 1 unspecified atom stereocenters. The zero-order chi connectivity index (χ0) is 29.6. The van der Waals surface area contributed by atoms with E-state index in [0.29, 0.717) is 30.5 Å². The van der Waals surface area contributed by atoms with Gasteiger partial charge < -0.3 is 19.8 Å². The second-order valence-electron chi connectivity index (χ2n) is 12.5. The monoisotopic (exact) mass is 602 g/mol. The lowest BCUT2D eigenvalue weighted by atomic mass is 9.68. The van der Waals surface area contributed by atoms with Gasteiger partial charge in [0.15, 0.2) is 0 Å². The number of carbonyl (C=O) groups is 1. The van der Waals surface area contributed by atoms with Gasteiger partial charge in [-0.2, -0.15) is 0 Å². The molecule has 8 nitrogen and oxygen atoms in total. The Morgan fingerprint density at radius 1 is 1.27 bits per heavy atom. The van der Waals surface area contributed by atoms with Crippen molar-refractivity contribution in [1.82, 2.24) is 0 Å². The van der Waals surface area contributed by atoms with E-state index in [4.69, 9.17) is 21.5 Å². The molecule has 0 amide bonds. The standard InChI is InChI=1S/C31H39ClN2O6S/c1-30(2,41(33,38)39)13-4-6-27(35)24-10-7-22(24)17-34-18-31(14-3-5-20-15-23(32)9-11-25(20)31)19-40-28-12-8-21(29(36)37)16-26(28)34/h4,6,8-9,11-12,15-16,22,24,27,35H,3,5,7,10,13-14,17-19H2,1-2H3,(H,36,37)(H2,33,38,39)/b6-4+/t22-,24+,27-,31?/m0/s1. The van der Waals surface area contributed by atoms with Crippen LogP contribution >= 0.6 is 11.6 Å². The van der Waals surface area contributed by atoms with E-state index < -0.39 is 26.8 Å². The van der Waals surface area contributed by atoms with Crippen molar-refractivity contribution in [3.8, 4) is 5.75 Å². The molecular weight excluding hydrogens is 564 g/mol. The molecule has 0 radical (unpaired) electrons. The predicted molar refractivity (Wildman–Crippen MR) is 160 cm³/mol. The lowest BCUT2D eigenvalue weighted by molar-refractivity contribution is 0.0456. The van der Waals surface area contributed by atoms with Gasteiger partial charge in [-0.25, -0.2) is 18.4 Å². The summed E-state index contributed by atoms with van der Waals surface area (Å²) in [5, 5.41) is 26.8. The zero-order valence-electron chi connectivity index (χ0n) is 23.6. The van der Waals surface area contributed by atoms with Gasteiger partial charge in [0, 0.05) is 23.5 Å². The maximum atomic E-state index is 11.9. The van der Waals surface area contributed by atoms with Crippen LogP contribution in [-0.4, -0.2) is 55.1 Å². The SMILES string of the molecule is CC(C)(C/C=C/[C@H](O)[C@@H]1CC[C@H]1CN1CC2(CCCc3cc(Cl)ccc32)COc2ccc(C(=O)O)cc21)S(N)(=O)=O. The van der Waals surface area contributed by atoms with Crippen molar-refractivity contribution in [1.29, 1.82) is 0 Å². The summed E-state index contributed by atoms with van der Waals surface area (Å²) in [6, 6.07) is 11.1. The molecular formula is C31H39ClN2O6S. The number of nitrogens with zero attached hydrogens (tertiary/aromatic N) is 1. The van der Waals surface area contributed by atoms with Crippen molar-refractivity contribution in [3.05, 3.63) is 70.3 Å². The highest BCUT2D eigenvalue weighted by atomic mass is 35.5. The fourth-order valence-corrected chi connectivity index (χ4v) is 7.07. The summed E-state index contributed by atoms with van der Waals surface area (Å²) >= 11 is 6.35. The van der Waals surface area contributed by atoms with Gasteiger partial charge in [-0.05, 0) is 106 Å². The molecule has 2 aromatic carbocycles. The van der Waals surface area contributed by atoms with Gasteiger partial charge in [0.2, 0.25) is 10.0 Å². The molecule has 1 aliphatic heterocycles. The number of hydrogen-bond acceptors (Lipinski definition) is 6. The van der Waals surface area contributed by atoms with Gasteiger partial charge in [0.05, 0.1) is 28.7 Å². The van der Waals surface area contributed by atoms with E-state index in [9.17, 15) is 23.4 Å². The third-order valence-electron chi connectivity index (χ3n) is 9.37. The Morgan fingerprint density at radius 2 is 2.05 bits per heavy atom. The highest BCUT2D eigenvalue weighted by Gasteiger charge is 2.44. The number of hydrogen-bond donors (Lipinski definition) is 3. The van der Waals surface area contributed by atoms with Gasteiger partial charge in [0.1, 0.15) is 5.75 Å². The Kier molecular flexibility index (Phi) is 8.20. The molecule has 2 aliphatic carbocycles. The number of halogens is 1. The van der Waals surface area contributed by atoms with Crippen molar-refractivity contribution in [2.75, 3.05) is 24.6 Å². The summed E-state index contributed by atoms with van der Waals surface area (Å²) in [4.78, 5) is 14.1. The Morgan fingerprint density at radius 3 is 2.73 bits per heavy atom. The van der Waals surface area contributed by atoms with Crippen molar-refractivity contribution in [3.63, 3.8) is 0 Å². The number of nitrogens with two attached hydrogens (primary N) is 1. The number of rotatable bonds is 8. The molecule has 222 valence electrons. The van der Waals surface area contributed by atoms with Gasteiger partial charge >= 0.3 is 5.97 Å². The molecule has 4 N–H and O–H groups in total. The zero-order valence-corrected chi connectivity index (χ0v) is 25.1. The number of benzene rings is 2. The second-order valence-corrected chi connectivity index (χ2v) is 15.2. The van der Waals surface area contributed by atoms with E-state index in [-0.39, 0.29) is 29.2 Å². The van der Waals surface area contributed by atoms with Gasteiger partial charge in [-0.3, -0.25) is 0 Å². The number of carboxylic acid groups (broad SMARTS) is 1. The van der Waals surface area contributed by atoms with E-state index in [0.717, 1.165) is 37.8 Å². The van der Waals surface area contributed by atoms with Crippen LogP contribution in [0.4, 0.5) is 5.69 Å². The summed E-state index contributed by atoms with van der Waals surface area (Å²) in [5.41, 5.74) is 3.14. The average molecular weight is 603 g/mol. The molecule has 1 spiro atoms. The van der Waals surface area contributed by atoms with Crippen LogP contribution in [0, 0.1) is 11.8 Å². The van der Waals surface area contributed by atoms with Crippen LogP contribution in [0.25, 0.3) is 0 Å². The van der Waals surface area contributed by atoms with Crippen molar-refractivity contribution >= 4 is 33.3 Å². The minimum atomic E-state index is -3.72. The molecule has 4 atom stereocenters. The molecule has 2 aromatic rings. The Bertz CT molecular complexity index is 1460. The molecule has 41 heavy (non-hydrogen) atoms. The smallest absolute Gasteiger partial charge is 0.335 e. The molecule has 0 saturated heterocycles. The number of aliphatic hydroxyl groups is 1. The van der Waals surface area contributed by atoms with Crippen LogP contribution in [0.3, 0.4) is 0 Å². The van der Waals surface area contributed by atoms with Crippen LogP contribution < -0.4 is 14.8 Å². The molecule has 5 rings (SSSR count). The van der Waals surface area contributed by atoms with Gasteiger partial charge in [-0.1, -0.05) is 29.8 Å². The first-order valence-corrected chi connectivity index (χ1v) is 16.1. The Hall–Kier alpha value is -2.59. The summed E-state index contributed by atoms with van der Waals surface area (Å²) in [6.45, 7) is 4.93. The van der Waals surface area contributed by atoms with Crippen LogP contribution in [0.2, 0.25) is 5.02 Å². The number of allylic oxidation sites excluding steroid dienone is 1. The molecule has 10 heteroatoms. The maximum Gasteiger partial charge on any atom is 0.335 e. The van der Waals surface area contributed by atoms with E-state index in [2.05, 4.69) is 11.0 Å². The molecule has 1 heterocycles. The van der Waals surface area contributed by atoms with Crippen molar-refractivity contribution < 1.29 is 28.2 Å². The van der Waals surface area contributed by atoms with E-state index in [1.807, 2.05) is 12.1 Å². The maximum absolute atomic E-state index is 11.9. The molecule has 1 fully saturated rings. The van der Waals surface area contributed by atoms with E-state index >= 15 is 0 Å². The Balaban J connectivity index is 1.41. The Labute approximate surface area is 247 Å². The third-order valence-corrected chi connectivity index (χ3v) is 11.3. The van der Waals surface area contributed by atoms with E-state index in [1.54, 1.807) is 44.2 Å². The summed E-state index contributed by atoms with van der Waals surface area (Å²) in [7, 11) is -3.72. The topological polar surface area (TPSA) is 130 Å². The predicted octanol–water partition coefficient (Wildman–Crippen LogP) is 4.91. The largest absolute Gasteiger partial charge is 0.490 e. The molecule has 3 aliphatic rings. The number of anilines is 1. The third kappa shape index (κ3) is 6.00. The fourth-order valence-electron chi connectivity index (χ4n) is 6.55. The van der Waals surface area contributed by atoms with Crippen molar-refractivity contribution in [2.45, 2.75) is 68.6 Å². The fraction of sp³-hybridized carbons (Fsp3) is 0.516. The first-order valence-electron chi connectivity index (χ1n) is 14.2. The van der Waals surface area contributed by atoms with Gasteiger partial charge in [-0.15, -0.1) is 0 Å². The molecule has 1 saturated carbocycles. The quantitative estimate of drug-likeness (QED) is 0.366. The summed E-state index contributed by atoms with van der Waals surface area (Å²) in [6.07, 6.45) is 7.58. The normalized spacial score (nSPS) is 25.1. The lowest BCUT2D eigenvalue weighted by Crippen LogP contribution is -2.49. The highest BCUT2D eigenvalue weighted by molar-refractivity contribution is 7.90. The minimum absolute atomic E-state index is 0.00697. The number of aliphatic hydroxyl groups excluding tert-OH is 1. The number of primary sulfonamides is 1. The summed E-state index contributed by atoms with van der Waals surface area (Å²) < 4.78 is 29.0. The molecule has 0 bridgehead atoms. The van der Waals surface area contributed by atoms with Crippen LogP contribution in [0.1, 0.15) is 67.4 Å². The number of fused-ring (bicyclic) bond motifs is 3. The number of sulfonamides is 1. The number of carboxylic acids is 1. The minimum Gasteiger partial charge on any atom is -0.490 e. The number of ether oxygens (including phenoxy) is 1. The van der Waals surface area contributed by atoms with Crippen molar-refractivity contribution in [2.24, 2.45) is 17.0 Å². The summed E-state index contributed by atoms with van der Waals surface area (Å²) in [5.74, 6) is -0.151. The number of aryl methyl sites for hydroxylation is 1. The lowest BCUT2D eigenvalue weighted by Gasteiger charge is -2.45. The van der Waals surface area contributed by atoms with Crippen LogP contribution in [0.5, 0.6) is 5.75 Å². The van der Waals surface area contributed by atoms with Crippen LogP contribution in [0.15, 0.2) is 48.6 Å².